The van der Waals surface area contributed by atoms with Crippen molar-refractivity contribution >= 4 is 23.3 Å². The van der Waals surface area contributed by atoms with E-state index in [0.29, 0.717) is 11.7 Å². The molecule has 0 spiro atoms. The highest BCUT2D eigenvalue weighted by atomic mass is 32.2. The Morgan fingerprint density at radius 1 is 1.47 bits per heavy atom. The van der Waals surface area contributed by atoms with Crippen molar-refractivity contribution in [1.29, 1.82) is 0 Å². The van der Waals surface area contributed by atoms with Gasteiger partial charge in [0.15, 0.2) is 0 Å². The molecule has 92 valence electrons. The Hall–Kier alpha value is -1.30. The molecule has 1 aliphatic rings. The zero-order valence-electron chi connectivity index (χ0n) is 9.68. The van der Waals surface area contributed by atoms with Crippen molar-refractivity contribution in [2.45, 2.75) is 25.8 Å². The number of pyridine rings is 1. The van der Waals surface area contributed by atoms with Gasteiger partial charge in [-0.3, -0.25) is 10.1 Å². The average Bonchev–Trinajstić information content (AvgIpc) is 2.30. The van der Waals surface area contributed by atoms with Crippen molar-refractivity contribution in [2.24, 2.45) is 0 Å². The third-order valence-corrected chi connectivity index (χ3v) is 3.88. The topological polar surface area (TPSA) is 68.1 Å². The minimum atomic E-state index is -0.399. The van der Waals surface area contributed by atoms with E-state index in [0.717, 1.165) is 18.7 Å². The first-order chi connectivity index (χ1) is 8.16. The van der Waals surface area contributed by atoms with Gasteiger partial charge in [0.05, 0.1) is 4.92 Å². The van der Waals surface area contributed by atoms with Crippen LogP contribution in [-0.2, 0) is 0 Å². The minimum Gasteiger partial charge on any atom is -0.367 e. The van der Waals surface area contributed by atoms with E-state index in [-0.39, 0.29) is 5.69 Å². The predicted octanol–water partition coefficient (Wildman–Crippen LogP) is 2.61. The van der Waals surface area contributed by atoms with Gasteiger partial charge in [-0.1, -0.05) is 0 Å². The van der Waals surface area contributed by atoms with Gasteiger partial charge in [-0.05, 0) is 37.3 Å². The summed E-state index contributed by atoms with van der Waals surface area (Å²) in [5.41, 5.74) is 0.542. The molecule has 0 atom stereocenters. The molecule has 0 saturated carbocycles. The van der Waals surface area contributed by atoms with Crippen molar-refractivity contribution < 1.29 is 4.92 Å². The summed E-state index contributed by atoms with van der Waals surface area (Å²) in [4.78, 5) is 14.5. The summed E-state index contributed by atoms with van der Waals surface area (Å²) in [7, 11) is 0. The number of thioether (sulfide) groups is 1. The molecule has 0 bridgehead atoms. The molecule has 0 aromatic carbocycles. The number of anilines is 1. The third-order valence-electron chi connectivity index (χ3n) is 2.83. The van der Waals surface area contributed by atoms with Gasteiger partial charge in [0.25, 0.3) is 5.69 Å². The Morgan fingerprint density at radius 3 is 2.76 bits per heavy atom. The van der Waals surface area contributed by atoms with Crippen molar-refractivity contribution in [3.63, 3.8) is 0 Å². The molecule has 1 aliphatic heterocycles. The smallest absolute Gasteiger partial charge is 0.290 e. The highest BCUT2D eigenvalue weighted by Crippen LogP contribution is 2.22. The van der Waals surface area contributed by atoms with Gasteiger partial charge in [0.2, 0.25) is 0 Å². The lowest BCUT2D eigenvalue weighted by Crippen LogP contribution is -2.25. The lowest BCUT2D eigenvalue weighted by Gasteiger charge is -2.23. The fourth-order valence-electron chi connectivity index (χ4n) is 1.88. The fraction of sp³-hybridized carbons (Fsp3) is 0.545. The van der Waals surface area contributed by atoms with E-state index in [9.17, 15) is 10.1 Å². The molecular formula is C11H15N3O2S. The summed E-state index contributed by atoms with van der Waals surface area (Å²) < 4.78 is 0. The Labute approximate surface area is 104 Å². The van der Waals surface area contributed by atoms with Gasteiger partial charge < -0.3 is 5.32 Å². The number of hydrogen-bond acceptors (Lipinski definition) is 5. The van der Waals surface area contributed by atoms with E-state index in [1.807, 2.05) is 11.8 Å². The maximum Gasteiger partial charge on any atom is 0.290 e. The van der Waals surface area contributed by atoms with E-state index in [4.69, 9.17) is 0 Å². The molecule has 1 aromatic rings. The SMILES string of the molecule is Cc1nc(NC2CCSCC2)ccc1[N+](=O)[O-]. The molecule has 2 rings (SSSR count). The quantitative estimate of drug-likeness (QED) is 0.662. The van der Waals surface area contributed by atoms with Crippen LogP contribution < -0.4 is 5.32 Å². The van der Waals surface area contributed by atoms with Crippen LogP contribution in [0.4, 0.5) is 11.5 Å². The maximum absolute atomic E-state index is 10.7. The van der Waals surface area contributed by atoms with Crippen molar-refractivity contribution in [3.05, 3.63) is 27.9 Å². The van der Waals surface area contributed by atoms with Crippen LogP contribution in [0.1, 0.15) is 18.5 Å². The minimum absolute atomic E-state index is 0.0785. The molecule has 17 heavy (non-hydrogen) atoms. The molecule has 0 amide bonds. The van der Waals surface area contributed by atoms with Gasteiger partial charge in [0, 0.05) is 12.1 Å². The lowest BCUT2D eigenvalue weighted by molar-refractivity contribution is -0.385. The number of aromatic nitrogens is 1. The zero-order valence-corrected chi connectivity index (χ0v) is 10.5. The number of hydrogen-bond donors (Lipinski definition) is 1. The Bertz CT molecular complexity index is 419. The van der Waals surface area contributed by atoms with Crippen molar-refractivity contribution in [3.8, 4) is 0 Å². The Kier molecular flexibility index (Phi) is 3.83. The molecule has 1 aromatic heterocycles. The molecule has 0 aliphatic carbocycles. The monoisotopic (exact) mass is 253 g/mol. The van der Waals surface area contributed by atoms with Gasteiger partial charge in [-0.15, -0.1) is 0 Å². The summed E-state index contributed by atoms with van der Waals surface area (Å²) >= 11 is 1.97. The highest BCUT2D eigenvalue weighted by Gasteiger charge is 2.16. The summed E-state index contributed by atoms with van der Waals surface area (Å²) in [6, 6.07) is 3.65. The molecule has 1 N–H and O–H groups in total. The Balaban J connectivity index is 2.06. The van der Waals surface area contributed by atoms with Gasteiger partial charge in [-0.25, -0.2) is 4.98 Å². The molecular weight excluding hydrogens is 238 g/mol. The first kappa shape index (κ1) is 12.2. The average molecular weight is 253 g/mol. The first-order valence-electron chi connectivity index (χ1n) is 5.63. The zero-order chi connectivity index (χ0) is 12.3. The van der Waals surface area contributed by atoms with Gasteiger partial charge in [-0.2, -0.15) is 11.8 Å². The van der Waals surface area contributed by atoms with Crippen molar-refractivity contribution in [1.82, 2.24) is 4.98 Å². The third kappa shape index (κ3) is 3.09. The second kappa shape index (κ2) is 5.35. The fourth-order valence-corrected chi connectivity index (χ4v) is 2.98. The standard InChI is InChI=1S/C11H15N3O2S/c1-8-10(14(15)16)2-3-11(12-8)13-9-4-6-17-7-5-9/h2-3,9H,4-7H2,1H3,(H,12,13). The molecule has 0 unspecified atom stereocenters. The second-order valence-electron chi connectivity index (χ2n) is 4.09. The lowest BCUT2D eigenvalue weighted by atomic mass is 10.1. The summed E-state index contributed by atoms with van der Waals surface area (Å²) in [6.07, 6.45) is 2.25. The normalized spacial score (nSPS) is 16.8. The first-order valence-corrected chi connectivity index (χ1v) is 6.78. The summed E-state index contributed by atoms with van der Waals surface area (Å²) in [6.45, 7) is 1.67. The summed E-state index contributed by atoms with van der Waals surface area (Å²) in [5.74, 6) is 3.08. The van der Waals surface area contributed by atoms with Crippen LogP contribution in [0, 0.1) is 17.0 Å². The number of nitro groups is 1. The number of nitrogens with one attached hydrogen (secondary N) is 1. The number of nitrogens with zero attached hydrogens (tertiary/aromatic N) is 2. The second-order valence-corrected chi connectivity index (χ2v) is 5.31. The van der Waals surface area contributed by atoms with E-state index in [1.165, 1.54) is 17.6 Å². The Morgan fingerprint density at radius 2 is 2.18 bits per heavy atom. The van der Waals surface area contributed by atoms with E-state index in [2.05, 4.69) is 10.3 Å². The van der Waals surface area contributed by atoms with Crippen molar-refractivity contribution in [2.75, 3.05) is 16.8 Å². The molecule has 2 heterocycles. The van der Waals surface area contributed by atoms with E-state index < -0.39 is 4.92 Å². The highest BCUT2D eigenvalue weighted by molar-refractivity contribution is 7.99. The van der Waals surface area contributed by atoms with Crippen LogP contribution in [0.2, 0.25) is 0 Å². The molecule has 1 fully saturated rings. The predicted molar refractivity (Wildman–Crippen MR) is 69.6 cm³/mol. The molecule has 6 heteroatoms. The maximum atomic E-state index is 10.7. The van der Waals surface area contributed by atoms with Gasteiger partial charge in [0.1, 0.15) is 11.5 Å². The molecule has 0 radical (unpaired) electrons. The van der Waals surface area contributed by atoms with Crippen LogP contribution >= 0.6 is 11.8 Å². The van der Waals surface area contributed by atoms with Gasteiger partial charge >= 0.3 is 0 Å². The summed E-state index contributed by atoms with van der Waals surface area (Å²) in [5, 5.41) is 14.0. The van der Waals surface area contributed by atoms with Crippen LogP contribution in [0.25, 0.3) is 0 Å². The van der Waals surface area contributed by atoms with Crippen LogP contribution in [-0.4, -0.2) is 27.5 Å². The largest absolute Gasteiger partial charge is 0.367 e. The van der Waals surface area contributed by atoms with E-state index >= 15 is 0 Å². The number of rotatable bonds is 3. The van der Waals surface area contributed by atoms with Crippen LogP contribution in [0.3, 0.4) is 0 Å². The van der Waals surface area contributed by atoms with Crippen LogP contribution in [0.15, 0.2) is 12.1 Å². The number of aryl methyl sites for hydroxylation is 1. The van der Waals surface area contributed by atoms with Crippen LogP contribution in [0.5, 0.6) is 0 Å². The van der Waals surface area contributed by atoms with E-state index in [1.54, 1.807) is 13.0 Å². The molecule has 1 saturated heterocycles. The molecule has 5 nitrogen and oxygen atoms in total.